The zero-order chi connectivity index (χ0) is 18.2. The van der Waals surface area contributed by atoms with Gasteiger partial charge >= 0.3 is 17.7 Å². The van der Waals surface area contributed by atoms with Crippen molar-refractivity contribution in [3.63, 3.8) is 0 Å². The molecule has 0 saturated carbocycles. The second-order valence-corrected chi connectivity index (χ2v) is 5.63. The highest BCUT2D eigenvalue weighted by Crippen LogP contribution is 2.44. The lowest BCUT2D eigenvalue weighted by molar-refractivity contribution is -0.235. The van der Waals surface area contributed by atoms with Crippen molar-refractivity contribution in [3.8, 4) is 5.75 Å². The molecule has 1 atom stereocenters. The zero-order valence-corrected chi connectivity index (χ0v) is 13.1. The molecular weight excluding hydrogens is 361 g/mol. The molecule has 1 N–H and O–H groups in total. The van der Waals surface area contributed by atoms with Crippen LogP contribution >= 0.6 is 11.6 Å². The molecule has 0 amide bonds. The van der Waals surface area contributed by atoms with Crippen molar-refractivity contribution in [3.05, 3.63) is 53.1 Å². The number of hydrogen-bond acceptors (Lipinski definition) is 3. The van der Waals surface area contributed by atoms with Gasteiger partial charge in [0.05, 0.1) is 11.3 Å². The molecule has 0 bridgehead atoms. The van der Waals surface area contributed by atoms with Crippen molar-refractivity contribution >= 4 is 35.9 Å². The van der Waals surface area contributed by atoms with E-state index in [4.69, 9.17) is 21.4 Å². The number of benzene rings is 1. The number of nitrogens with zero attached hydrogens (tertiary/aromatic N) is 2. The molecule has 0 spiro atoms. The highest BCUT2D eigenvalue weighted by Gasteiger charge is 2.63. The lowest BCUT2D eigenvalue weighted by Crippen LogP contribution is -2.56. The number of imidazole rings is 1. The molecule has 0 saturated heterocycles. The summed E-state index contributed by atoms with van der Waals surface area (Å²) >= 11 is 6.02. The second kappa shape index (κ2) is 5.96. The Kier molecular flexibility index (Phi) is 4.08. The maximum Gasteiger partial charge on any atom is 0.443 e. The highest BCUT2D eigenvalue weighted by atomic mass is 35.5. The van der Waals surface area contributed by atoms with Crippen LogP contribution in [0.1, 0.15) is 11.1 Å². The molecule has 0 radical (unpaired) electrons. The molecule has 2 heterocycles. The number of carboxylic acid groups (broad SMARTS) is 1. The molecule has 25 heavy (non-hydrogen) atoms. The summed E-state index contributed by atoms with van der Waals surface area (Å²) in [5, 5.41) is 8.90. The Morgan fingerprint density at radius 2 is 2.16 bits per heavy atom. The predicted octanol–water partition coefficient (Wildman–Crippen LogP) is 3.96. The number of carboxylic acids is 1. The van der Waals surface area contributed by atoms with Crippen molar-refractivity contribution in [2.24, 2.45) is 0 Å². The summed E-state index contributed by atoms with van der Waals surface area (Å²) in [6, 6.07) is 2.92. The Balaban J connectivity index is 2.00. The lowest BCUT2D eigenvalue weighted by atomic mass is 9.96. The minimum atomic E-state index is -5.14. The fraction of sp³-hybridized carbons (Fsp3) is 0.125. The number of fused-ring (bicyclic) bond motifs is 1. The van der Waals surface area contributed by atoms with Crippen LogP contribution in [0.3, 0.4) is 0 Å². The van der Waals surface area contributed by atoms with E-state index in [1.807, 2.05) is 0 Å². The maximum absolute atomic E-state index is 13.2. The number of rotatable bonds is 3. The van der Waals surface area contributed by atoms with Gasteiger partial charge in [-0.1, -0.05) is 17.7 Å². The van der Waals surface area contributed by atoms with E-state index >= 15 is 0 Å². The van der Waals surface area contributed by atoms with Crippen LogP contribution in [-0.4, -0.2) is 32.4 Å². The topological polar surface area (TPSA) is 64.3 Å². The van der Waals surface area contributed by atoms with Crippen LogP contribution in [0.15, 0.2) is 36.9 Å². The number of halogens is 4. The van der Waals surface area contributed by atoms with E-state index in [0.29, 0.717) is 11.6 Å². The first-order valence-electron chi connectivity index (χ1n) is 6.90. The Labute approximate surface area is 144 Å². The molecule has 1 aromatic heterocycles. The number of hydrogen-bond donors (Lipinski definition) is 1. The quantitative estimate of drug-likeness (QED) is 0.888. The Morgan fingerprint density at radius 3 is 2.76 bits per heavy atom. The van der Waals surface area contributed by atoms with E-state index < -0.39 is 17.7 Å². The van der Waals surface area contributed by atoms with E-state index in [2.05, 4.69) is 4.98 Å². The van der Waals surface area contributed by atoms with Gasteiger partial charge in [0.1, 0.15) is 5.75 Å². The van der Waals surface area contributed by atoms with Gasteiger partial charge in [-0.3, -0.25) is 0 Å². The van der Waals surface area contributed by atoms with Gasteiger partial charge in [0.25, 0.3) is 0 Å². The van der Waals surface area contributed by atoms with Crippen molar-refractivity contribution in [1.29, 1.82) is 0 Å². The van der Waals surface area contributed by atoms with Crippen molar-refractivity contribution in [1.82, 2.24) is 9.55 Å². The Bertz CT molecular complexity index is 875. The third-order valence-corrected chi connectivity index (χ3v) is 3.84. The zero-order valence-electron chi connectivity index (χ0n) is 12.4. The molecule has 0 fully saturated rings. The molecule has 130 valence electrons. The molecule has 1 unspecified atom stereocenters. The first kappa shape index (κ1) is 17.1. The molecule has 0 aliphatic carbocycles. The van der Waals surface area contributed by atoms with Gasteiger partial charge in [-0.25, -0.2) is 9.78 Å². The fourth-order valence-corrected chi connectivity index (χ4v) is 2.56. The molecule has 9 heteroatoms. The first-order valence-corrected chi connectivity index (χ1v) is 7.28. The smallest absolute Gasteiger partial charge is 0.443 e. The minimum Gasteiger partial charge on any atom is -0.478 e. The van der Waals surface area contributed by atoms with Crippen LogP contribution in [0.4, 0.5) is 13.2 Å². The highest BCUT2D eigenvalue weighted by molar-refractivity contribution is 6.32. The third-order valence-electron chi connectivity index (χ3n) is 3.56. The van der Waals surface area contributed by atoms with E-state index in [0.717, 1.165) is 6.08 Å². The van der Waals surface area contributed by atoms with Gasteiger partial charge in [-0.05, 0) is 29.8 Å². The molecule has 1 aliphatic heterocycles. The van der Waals surface area contributed by atoms with Gasteiger partial charge in [0.2, 0.25) is 0 Å². The fourth-order valence-electron chi connectivity index (χ4n) is 2.28. The minimum absolute atomic E-state index is 0.123. The number of ether oxygens (including phenoxy) is 1. The predicted molar refractivity (Wildman–Crippen MR) is 85.0 cm³/mol. The molecule has 1 aromatic carbocycles. The van der Waals surface area contributed by atoms with Gasteiger partial charge < -0.3 is 14.4 Å². The summed E-state index contributed by atoms with van der Waals surface area (Å²) in [5.74, 6) is -2.49. The summed E-state index contributed by atoms with van der Waals surface area (Å²) in [6.45, 7) is 0. The standard InChI is InChI=1S/C16H10ClF3N2O3/c17-12-8-10(2-5-22-6-4-21-9-22)7-11-1-3-15(14(23)24,16(18,19)20)25-13(11)12/h1-9H,(H,23,24)/b5-2+. The van der Waals surface area contributed by atoms with E-state index in [1.54, 1.807) is 35.6 Å². The molecule has 5 nitrogen and oxygen atoms in total. The SMILES string of the molecule is O=C(O)C1(C(F)(F)F)C=Cc2cc(/C=C/n3ccnc3)cc(Cl)c2O1. The van der Waals surface area contributed by atoms with E-state index in [-0.39, 0.29) is 16.3 Å². The summed E-state index contributed by atoms with van der Waals surface area (Å²) in [5.41, 5.74) is -2.61. The maximum atomic E-state index is 13.2. The van der Waals surface area contributed by atoms with Crippen molar-refractivity contribution in [2.75, 3.05) is 0 Å². The first-order chi connectivity index (χ1) is 11.7. The molecular formula is C16H10ClF3N2O3. The number of carbonyl (C=O) groups is 1. The molecule has 2 aromatic rings. The summed E-state index contributed by atoms with van der Waals surface area (Å²) in [6.07, 6.45) is 4.56. The molecule has 3 rings (SSSR count). The Hall–Kier alpha value is -2.74. The van der Waals surface area contributed by atoms with Crippen LogP contribution in [0, 0.1) is 0 Å². The summed E-state index contributed by atoms with van der Waals surface area (Å²) < 4.78 is 46.1. The van der Waals surface area contributed by atoms with Gasteiger partial charge in [-0.15, -0.1) is 0 Å². The summed E-state index contributed by atoms with van der Waals surface area (Å²) in [7, 11) is 0. The van der Waals surface area contributed by atoms with Gasteiger partial charge in [0.15, 0.2) is 0 Å². The Morgan fingerprint density at radius 1 is 1.40 bits per heavy atom. The molecule has 1 aliphatic rings. The van der Waals surface area contributed by atoms with E-state index in [9.17, 15) is 18.0 Å². The number of aromatic nitrogens is 2. The summed E-state index contributed by atoms with van der Waals surface area (Å²) in [4.78, 5) is 15.1. The third kappa shape index (κ3) is 3.00. The van der Waals surface area contributed by atoms with Crippen molar-refractivity contribution in [2.45, 2.75) is 11.8 Å². The van der Waals surface area contributed by atoms with Crippen LogP contribution in [0.5, 0.6) is 5.75 Å². The largest absolute Gasteiger partial charge is 0.478 e. The average molecular weight is 371 g/mol. The van der Waals surface area contributed by atoms with Gasteiger partial charge in [-0.2, -0.15) is 13.2 Å². The second-order valence-electron chi connectivity index (χ2n) is 5.22. The van der Waals surface area contributed by atoms with Crippen molar-refractivity contribution < 1.29 is 27.8 Å². The van der Waals surface area contributed by atoms with E-state index in [1.165, 1.54) is 12.1 Å². The lowest BCUT2D eigenvalue weighted by Gasteiger charge is -2.33. The van der Waals surface area contributed by atoms with Gasteiger partial charge in [0, 0.05) is 24.2 Å². The monoisotopic (exact) mass is 370 g/mol. The van der Waals surface area contributed by atoms with Crippen LogP contribution in [-0.2, 0) is 4.79 Å². The van der Waals surface area contributed by atoms with Crippen LogP contribution in [0.2, 0.25) is 5.02 Å². The van der Waals surface area contributed by atoms with Crippen LogP contribution in [0.25, 0.3) is 18.4 Å². The number of alkyl halides is 3. The van der Waals surface area contributed by atoms with Crippen LogP contribution < -0.4 is 4.74 Å². The normalized spacial score (nSPS) is 19.7. The number of aliphatic carboxylic acids is 1. The average Bonchev–Trinajstić information content (AvgIpc) is 3.05.